The average molecular weight is 408 g/mol. The Kier molecular flexibility index (Phi) is 4.01. The molecule has 2 fully saturated rings. The first-order chi connectivity index (χ1) is 13.4. The fourth-order valence-electron chi connectivity index (χ4n) is 4.19. The molecule has 2 heterocycles. The Morgan fingerprint density at radius 2 is 2.00 bits per heavy atom. The highest BCUT2D eigenvalue weighted by Gasteiger charge is 2.60. The quantitative estimate of drug-likeness (QED) is 0.574. The summed E-state index contributed by atoms with van der Waals surface area (Å²) < 4.78 is 28.9. The second kappa shape index (κ2) is 6.33. The van der Waals surface area contributed by atoms with Crippen LogP contribution < -0.4 is 5.32 Å². The smallest absolute Gasteiger partial charge is 0.226 e. The van der Waals surface area contributed by atoms with Gasteiger partial charge in [0.1, 0.15) is 17.7 Å². The van der Waals surface area contributed by atoms with Crippen LogP contribution >= 0.6 is 11.6 Å². The van der Waals surface area contributed by atoms with Crippen LogP contribution in [0.5, 0.6) is 0 Å². The first kappa shape index (κ1) is 17.7. The Labute approximate surface area is 163 Å². The van der Waals surface area contributed by atoms with Crippen molar-refractivity contribution in [2.45, 2.75) is 31.2 Å². The molecule has 7 nitrogen and oxygen atoms in total. The van der Waals surface area contributed by atoms with Gasteiger partial charge < -0.3 is 20.1 Å². The zero-order valence-corrected chi connectivity index (χ0v) is 15.2. The van der Waals surface area contributed by atoms with Crippen molar-refractivity contribution in [3.8, 4) is 0 Å². The molecule has 28 heavy (non-hydrogen) atoms. The Morgan fingerprint density at radius 1 is 1.18 bits per heavy atom. The van der Waals surface area contributed by atoms with Gasteiger partial charge in [-0.25, -0.2) is 13.8 Å². The van der Waals surface area contributed by atoms with E-state index in [2.05, 4.69) is 20.3 Å². The largest absolute Gasteiger partial charge is 0.390 e. The van der Waals surface area contributed by atoms with Gasteiger partial charge in [-0.1, -0.05) is 0 Å². The van der Waals surface area contributed by atoms with E-state index in [0.29, 0.717) is 11.2 Å². The molecule has 5 rings (SSSR count). The maximum absolute atomic E-state index is 13.9. The van der Waals surface area contributed by atoms with Gasteiger partial charge in [-0.15, -0.1) is 0 Å². The normalized spacial score (nSPS) is 28.5. The van der Waals surface area contributed by atoms with E-state index in [1.54, 1.807) is 4.57 Å². The van der Waals surface area contributed by atoms with E-state index >= 15 is 0 Å². The average Bonchev–Trinajstić information content (AvgIpc) is 3.27. The lowest BCUT2D eigenvalue weighted by Crippen LogP contribution is -2.31. The minimum absolute atomic E-state index is 0.0195. The van der Waals surface area contributed by atoms with Crippen LogP contribution in [0.2, 0.25) is 5.28 Å². The molecule has 3 N–H and O–H groups in total. The molecule has 2 aromatic heterocycles. The zero-order valence-electron chi connectivity index (χ0n) is 14.4. The van der Waals surface area contributed by atoms with Crippen LogP contribution in [-0.2, 0) is 6.54 Å². The van der Waals surface area contributed by atoms with Gasteiger partial charge in [-0.05, 0) is 48.1 Å². The van der Waals surface area contributed by atoms with E-state index in [1.165, 1.54) is 6.33 Å². The Balaban J connectivity index is 1.49. The van der Waals surface area contributed by atoms with Crippen molar-refractivity contribution >= 4 is 28.6 Å². The number of rotatable bonds is 4. The number of fused-ring (bicyclic) bond motifs is 2. The van der Waals surface area contributed by atoms with Crippen LogP contribution in [0, 0.1) is 23.5 Å². The number of aromatic nitrogens is 4. The molecule has 3 aromatic rings. The Hall–Kier alpha value is -2.36. The SMILES string of the molecule is O[C@@H]1[C@H](O)[C@@H]2C[C@@H]2[C@H]1n1cnc2c(NCc3cc(F)ccc3F)nc(Cl)nc21. The van der Waals surface area contributed by atoms with Crippen molar-refractivity contribution in [2.75, 3.05) is 5.32 Å². The highest BCUT2D eigenvalue weighted by Crippen LogP contribution is 2.57. The third kappa shape index (κ3) is 2.73. The van der Waals surface area contributed by atoms with Crippen LogP contribution in [0.3, 0.4) is 0 Å². The van der Waals surface area contributed by atoms with Crippen LogP contribution in [-0.4, -0.2) is 41.9 Å². The summed E-state index contributed by atoms with van der Waals surface area (Å²) in [5.74, 6) is -0.560. The number of imidazole rings is 1. The maximum Gasteiger partial charge on any atom is 0.226 e. The number of halogens is 3. The van der Waals surface area contributed by atoms with Crippen molar-refractivity contribution in [1.29, 1.82) is 0 Å². The Bertz CT molecular complexity index is 1080. The number of aliphatic hydroxyl groups is 2. The molecular formula is C18H16ClF2N5O2. The first-order valence-corrected chi connectivity index (χ1v) is 9.26. The summed E-state index contributed by atoms with van der Waals surface area (Å²) in [6.07, 6.45) is 0.696. The number of hydrogen-bond acceptors (Lipinski definition) is 6. The van der Waals surface area contributed by atoms with E-state index in [-0.39, 0.29) is 41.1 Å². The molecule has 2 aliphatic carbocycles. The van der Waals surface area contributed by atoms with Gasteiger partial charge in [0.2, 0.25) is 5.28 Å². The van der Waals surface area contributed by atoms with Crippen molar-refractivity contribution in [3.05, 3.63) is 47.0 Å². The van der Waals surface area contributed by atoms with Crippen molar-refractivity contribution in [1.82, 2.24) is 19.5 Å². The van der Waals surface area contributed by atoms with Crippen LogP contribution in [0.25, 0.3) is 11.2 Å². The highest BCUT2D eigenvalue weighted by molar-refractivity contribution is 6.28. The first-order valence-electron chi connectivity index (χ1n) is 8.88. The summed E-state index contributed by atoms with van der Waals surface area (Å²) in [6.45, 7) is -0.0195. The van der Waals surface area contributed by atoms with E-state index in [1.807, 2.05) is 0 Å². The summed E-state index contributed by atoms with van der Waals surface area (Å²) in [7, 11) is 0. The molecule has 0 amide bonds. The molecule has 0 radical (unpaired) electrons. The minimum atomic E-state index is -0.910. The molecule has 0 aliphatic heterocycles. The molecule has 1 aromatic carbocycles. The van der Waals surface area contributed by atoms with Crippen LogP contribution in [0.15, 0.2) is 24.5 Å². The molecule has 2 saturated carbocycles. The van der Waals surface area contributed by atoms with Gasteiger partial charge >= 0.3 is 0 Å². The number of anilines is 1. The van der Waals surface area contributed by atoms with Crippen LogP contribution in [0.1, 0.15) is 18.0 Å². The predicted octanol–water partition coefficient (Wildman–Crippen LogP) is 2.28. The second-order valence-corrected chi connectivity index (χ2v) is 7.63. The lowest BCUT2D eigenvalue weighted by molar-refractivity contribution is 0.00386. The summed E-state index contributed by atoms with van der Waals surface area (Å²) >= 11 is 6.06. The van der Waals surface area contributed by atoms with Crippen molar-refractivity contribution < 1.29 is 19.0 Å². The number of nitrogens with zero attached hydrogens (tertiary/aromatic N) is 4. The standard InChI is InChI=1S/C18H16ClF2N5O2/c19-18-24-16(22-5-7-3-8(20)1-2-11(7)21)12-17(25-18)26(6-23-12)13-9-4-10(9)14(27)15(13)28/h1-3,6,9-10,13-15,27-28H,4-5H2,(H,22,24,25)/t9-,10+,13+,14+,15-/m0/s1. The number of aliphatic hydroxyl groups excluding tert-OH is 2. The summed E-state index contributed by atoms with van der Waals surface area (Å²) in [4.78, 5) is 12.7. The molecule has 0 bridgehead atoms. The van der Waals surface area contributed by atoms with Gasteiger partial charge in [0.15, 0.2) is 17.0 Å². The summed E-state index contributed by atoms with van der Waals surface area (Å²) in [5, 5.41) is 23.3. The number of hydrogen-bond donors (Lipinski definition) is 3. The van der Waals surface area contributed by atoms with E-state index in [9.17, 15) is 19.0 Å². The maximum atomic E-state index is 13.9. The van der Waals surface area contributed by atoms with Crippen molar-refractivity contribution in [3.63, 3.8) is 0 Å². The molecule has 146 valence electrons. The number of benzene rings is 1. The topological polar surface area (TPSA) is 96.1 Å². The second-order valence-electron chi connectivity index (χ2n) is 7.29. The van der Waals surface area contributed by atoms with Gasteiger partial charge in [-0.3, -0.25) is 0 Å². The fraction of sp³-hybridized carbons (Fsp3) is 0.389. The lowest BCUT2D eigenvalue weighted by atomic mass is 10.1. The molecule has 10 heteroatoms. The van der Waals surface area contributed by atoms with Gasteiger partial charge in [0.25, 0.3) is 0 Å². The summed E-state index contributed by atoms with van der Waals surface area (Å²) in [6, 6.07) is 2.86. The third-order valence-corrected chi connectivity index (χ3v) is 5.81. The molecule has 0 unspecified atom stereocenters. The molecule has 2 aliphatic rings. The van der Waals surface area contributed by atoms with Gasteiger partial charge in [-0.2, -0.15) is 9.97 Å². The third-order valence-electron chi connectivity index (χ3n) is 5.64. The molecule has 5 atom stereocenters. The number of nitrogens with one attached hydrogen (secondary N) is 1. The van der Waals surface area contributed by atoms with Gasteiger partial charge in [0, 0.05) is 12.1 Å². The Morgan fingerprint density at radius 3 is 2.75 bits per heavy atom. The fourth-order valence-corrected chi connectivity index (χ4v) is 4.35. The summed E-state index contributed by atoms with van der Waals surface area (Å²) in [5.41, 5.74) is 0.940. The van der Waals surface area contributed by atoms with E-state index in [0.717, 1.165) is 24.6 Å². The van der Waals surface area contributed by atoms with E-state index < -0.39 is 23.8 Å². The highest BCUT2D eigenvalue weighted by atomic mass is 35.5. The molecular weight excluding hydrogens is 392 g/mol. The molecule has 0 spiro atoms. The van der Waals surface area contributed by atoms with Crippen LogP contribution in [0.4, 0.5) is 14.6 Å². The van der Waals surface area contributed by atoms with Crippen molar-refractivity contribution in [2.24, 2.45) is 11.8 Å². The van der Waals surface area contributed by atoms with E-state index in [4.69, 9.17) is 11.6 Å². The zero-order chi connectivity index (χ0) is 19.6. The minimum Gasteiger partial charge on any atom is -0.390 e. The predicted molar refractivity (Wildman–Crippen MR) is 96.7 cm³/mol. The monoisotopic (exact) mass is 407 g/mol. The molecule has 0 saturated heterocycles. The van der Waals surface area contributed by atoms with Gasteiger partial charge in [0.05, 0.1) is 18.5 Å². The lowest BCUT2D eigenvalue weighted by Gasteiger charge is -2.22.